The smallest absolute Gasteiger partial charge is 0.258 e. The highest BCUT2D eigenvalue weighted by Gasteiger charge is 2.38. The lowest BCUT2D eigenvalue weighted by atomic mass is 10.0. The van der Waals surface area contributed by atoms with Gasteiger partial charge in [0.2, 0.25) is 5.91 Å². The highest BCUT2D eigenvalue weighted by atomic mass is 79.9. The third-order valence-electron chi connectivity index (χ3n) is 7.52. The highest BCUT2D eigenvalue weighted by Crippen LogP contribution is 2.38. The molecule has 0 fully saturated rings. The van der Waals surface area contributed by atoms with Gasteiger partial charge >= 0.3 is 0 Å². The molecule has 1 aliphatic heterocycles. The van der Waals surface area contributed by atoms with E-state index in [1.54, 1.807) is 55.1 Å². The number of methoxy groups -OCH3 is 1. The Hall–Kier alpha value is -4.41. The van der Waals surface area contributed by atoms with Crippen molar-refractivity contribution in [1.82, 2.24) is 10.6 Å². The fourth-order valence-electron chi connectivity index (χ4n) is 5.12. The van der Waals surface area contributed by atoms with Crippen molar-refractivity contribution in [2.24, 2.45) is 0 Å². The van der Waals surface area contributed by atoms with Crippen LogP contribution in [0.25, 0.3) is 10.8 Å². The maximum absolute atomic E-state index is 14.4. The Balaban J connectivity index is 1.65. The summed E-state index contributed by atoms with van der Waals surface area (Å²) in [5.41, 5.74) is 8.70. The Morgan fingerprint density at radius 3 is 2.45 bits per heavy atom. The second-order valence-corrected chi connectivity index (χ2v) is 11.0. The molecule has 4 N–H and O–H groups in total. The minimum Gasteiger partial charge on any atom is -0.496 e. The molecule has 0 saturated heterocycles. The number of ether oxygens (including phenoxy) is 1. The van der Waals surface area contributed by atoms with Gasteiger partial charge < -0.3 is 30.9 Å². The molecule has 216 valence electrons. The summed E-state index contributed by atoms with van der Waals surface area (Å²) in [7, 11) is 3.26. The fourth-order valence-corrected chi connectivity index (χ4v) is 5.49. The zero-order chi connectivity index (χ0) is 30.0. The van der Waals surface area contributed by atoms with E-state index in [9.17, 15) is 14.4 Å². The quantitative estimate of drug-likeness (QED) is 0.260. The number of benzene rings is 4. The Kier molecular flexibility index (Phi) is 8.46. The monoisotopic (exact) mass is 629 g/mol. The fraction of sp³-hybridized carbons (Fsp3) is 0.219. The lowest BCUT2D eigenvalue weighted by molar-refractivity contribution is -0.128. The minimum atomic E-state index is -1.02. The Bertz CT molecular complexity index is 1660. The third kappa shape index (κ3) is 5.68. The van der Waals surface area contributed by atoms with Gasteiger partial charge in [-0.1, -0.05) is 40.2 Å². The number of carbonyl (C=O) groups excluding carboxylic acids is 3. The largest absolute Gasteiger partial charge is 0.496 e. The number of likely N-dealkylation sites (N-methyl/N-ethyl adjacent to an activating group) is 1. The van der Waals surface area contributed by atoms with Crippen LogP contribution in [0.3, 0.4) is 0 Å². The Morgan fingerprint density at radius 2 is 1.76 bits per heavy atom. The molecule has 0 bridgehead atoms. The molecule has 4 aromatic carbocycles. The molecule has 2 atom stereocenters. The molecule has 0 radical (unpaired) electrons. The normalized spacial score (nSPS) is 15.6. The molecular formula is C32H32BrN5O4. The van der Waals surface area contributed by atoms with E-state index in [0.717, 1.165) is 20.8 Å². The van der Waals surface area contributed by atoms with Crippen LogP contribution in [0, 0.1) is 0 Å². The predicted molar refractivity (Wildman–Crippen MR) is 169 cm³/mol. The molecule has 5 rings (SSSR count). The summed E-state index contributed by atoms with van der Waals surface area (Å²) in [6.07, 6.45) is 0. The van der Waals surface area contributed by atoms with Crippen molar-refractivity contribution in [1.29, 1.82) is 0 Å². The lowest BCUT2D eigenvalue weighted by Gasteiger charge is -2.27. The topological polar surface area (TPSA) is 117 Å². The van der Waals surface area contributed by atoms with E-state index in [2.05, 4.69) is 26.6 Å². The van der Waals surface area contributed by atoms with E-state index in [0.29, 0.717) is 28.4 Å². The summed E-state index contributed by atoms with van der Waals surface area (Å²) in [6.45, 7) is 1.80. The first kappa shape index (κ1) is 29.1. The van der Waals surface area contributed by atoms with Gasteiger partial charge in [-0.3, -0.25) is 14.4 Å². The molecule has 0 aliphatic carbocycles. The summed E-state index contributed by atoms with van der Waals surface area (Å²) in [6, 6.07) is 22.1. The molecule has 4 aromatic rings. The molecule has 10 heteroatoms. The lowest BCUT2D eigenvalue weighted by Crippen LogP contribution is -2.55. The van der Waals surface area contributed by atoms with Gasteiger partial charge in [-0.25, -0.2) is 0 Å². The number of nitrogen functional groups attached to an aromatic ring is 1. The predicted octanol–water partition coefficient (Wildman–Crippen LogP) is 4.48. The van der Waals surface area contributed by atoms with Gasteiger partial charge in [0, 0.05) is 21.3 Å². The van der Waals surface area contributed by atoms with Crippen LogP contribution in [0.4, 0.5) is 17.1 Å². The zero-order valence-corrected chi connectivity index (χ0v) is 25.1. The van der Waals surface area contributed by atoms with Crippen molar-refractivity contribution in [2.45, 2.75) is 25.6 Å². The van der Waals surface area contributed by atoms with Crippen molar-refractivity contribution in [3.8, 4) is 5.75 Å². The molecule has 9 nitrogen and oxygen atoms in total. The van der Waals surface area contributed by atoms with Crippen LogP contribution in [0.1, 0.15) is 22.8 Å². The van der Waals surface area contributed by atoms with Gasteiger partial charge in [0.15, 0.2) is 0 Å². The standard InChI is InChI=1S/C32H32BrN5O4/c1-19(35-2)30(39)36-26-18-38(31(40)20-8-12-23(34)13-9-20)28-7-5-4-6-27(28)37(32(26)41)17-25-24-14-11-22(33)16-21(24)10-15-29(25)42-3/h4-16,19,26,35H,17-18,34H2,1-3H3,(H,36,39). The Labute approximate surface area is 252 Å². The molecule has 3 amide bonds. The van der Waals surface area contributed by atoms with Crippen molar-refractivity contribution < 1.29 is 19.1 Å². The van der Waals surface area contributed by atoms with Gasteiger partial charge in [0.25, 0.3) is 11.8 Å². The van der Waals surface area contributed by atoms with Crippen LogP contribution < -0.4 is 30.9 Å². The summed E-state index contributed by atoms with van der Waals surface area (Å²) in [5.74, 6) is -0.388. The van der Waals surface area contributed by atoms with E-state index < -0.39 is 12.1 Å². The van der Waals surface area contributed by atoms with Crippen molar-refractivity contribution in [3.05, 3.63) is 94.5 Å². The molecule has 1 heterocycles. The van der Waals surface area contributed by atoms with E-state index in [1.807, 2.05) is 54.6 Å². The second-order valence-electron chi connectivity index (χ2n) is 10.1. The van der Waals surface area contributed by atoms with Crippen LogP contribution in [-0.4, -0.2) is 50.5 Å². The van der Waals surface area contributed by atoms with E-state index >= 15 is 0 Å². The van der Waals surface area contributed by atoms with Gasteiger partial charge in [-0.15, -0.1) is 0 Å². The first-order chi connectivity index (χ1) is 20.2. The number of hydrogen-bond donors (Lipinski definition) is 3. The maximum atomic E-state index is 14.4. The number of nitrogens with two attached hydrogens (primary N) is 1. The number of para-hydroxylation sites is 2. The van der Waals surface area contributed by atoms with Crippen LogP contribution in [0.15, 0.2) is 83.3 Å². The van der Waals surface area contributed by atoms with Crippen molar-refractivity contribution in [3.63, 3.8) is 0 Å². The molecule has 2 unspecified atom stereocenters. The van der Waals surface area contributed by atoms with E-state index in [1.165, 1.54) is 0 Å². The van der Waals surface area contributed by atoms with Crippen LogP contribution >= 0.6 is 15.9 Å². The highest BCUT2D eigenvalue weighted by molar-refractivity contribution is 9.10. The minimum absolute atomic E-state index is 0.0582. The second kappa shape index (κ2) is 12.2. The molecule has 0 saturated carbocycles. The van der Waals surface area contributed by atoms with Crippen molar-refractivity contribution >= 4 is 61.5 Å². The molecule has 0 aromatic heterocycles. The molecular weight excluding hydrogens is 598 g/mol. The van der Waals surface area contributed by atoms with Gasteiger partial charge in [-0.2, -0.15) is 0 Å². The zero-order valence-electron chi connectivity index (χ0n) is 23.6. The van der Waals surface area contributed by atoms with Crippen molar-refractivity contribution in [2.75, 3.05) is 36.2 Å². The van der Waals surface area contributed by atoms with Crippen LogP contribution in [0.2, 0.25) is 0 Å². The van der Waals surface area contributed by atoms with Gasteiger partial charge in [0.05, 0.1) is 37.6 Å². The van der Waals surface area contributed by atoms with Crippen LogP contribution in [0.5, 0.6) is 5.75 Å². The SMILES string of the molecule is CNC(C)C(=O)NC1CN(C(=O)c2ccc(N)cc2)c2ccccc2N(Cc2c(OC)ccc3cc(Br)ccc23)C1=O. The average molecular weight is 631 g/mol. The number of nitrogens with zero attached hydrogens (tertiary/aromatic N) is 2. The van der Waals surface area contributed by atoms with Gasteiger partial charge in [-0.05, 0) is 79.3 Å². The van der Waals surface area contributed by atoms with E-state index in [4.69, 9.17) is 10.5 Å². The number of nitrogens with one attached hydrogen (secondary N) is 2. The number of carbonyl (C=O) groups is 3. The maximum Gasteiger partial charge on any atom is 0.258 e. The average Bonchev–Trinajstić information content (AvgIpc) is 3.11. The number of halogens is 1. The molecule has 0 spiro atoms. The van der Waals surface area contributed by atoms with Gasteiger partial charge in [0.1, 0.15) is 11.8 Å². The summed E-state index contributed by atoms with van der Waals surface area (Å²) >= 11 is 3.54. The number of amides is 3. The summed E-state index contributed by atoms with van der Waals surface area (Å²) in [4.78, 5) is 44.5. The molecule has 1 aliphatic rings. The number of hydrogen-bond acceptors (Lipinski definition) is 6. The Morgan fingerprint density at radius 1 is 1.05 bits per heavy atom. The third-order valence-corrected chi connectivity index (χ3v) is 8.02. The number of rotatable bonds is 7. The first-order valence-corrected chi connectivity index (χ1v) is 14.3. The molecule has 42 heavy (non-hydrogen) atoms. The number of fused-ring (bicyclic) bond motifs is 2. The first-order valence-electron chi connectivity index (χ1n) is 13.5. The summed E-state index contributed by atoms with van der Waals surface area (Å²) in [5, 5.41) is 7.69. The summed E-state index contributed by atoms with van der Waals surface area (Å²) < 4.78 is 6.67. The van der Waals surface area contributed by atoms with E-state index in [-0.39, 0.29) is 30.8 Å². The number of anilines is 3. The van der Waals surface area contributed by atoms with Crippen LogP contribution in [-0.2, 0) is 16.1 Å².